The lowest BCUT2D eigenvalue weighted by Crippen LogP contribution is -2.36. The first-order valence-corrected chi connectivity index (χ1v) is 7.75. The number of para-hydroxylation sites is 1. The van der Waals surface area contributed by atoms with Crippen LogP contribution in [0.2, 0.25) is 0 Å². The summed E-state index contributed by atoms with van der Waals surface area (Å²) in [7, 11) is 0. The summed E-state index contributed by atoms with van der Waals surface area (Å²) >= 11 is 0. The Balaban J connectivity index is 1.64. The van der Waals surface area contributed by atoms with Crippen molar-refractivity contribution in [1.29, 1.82) is 0 Å². The number of nitrogens with zero attached hydrogens (tertiary/aromatic N) is 3. The van der Waals surface area contributed by atoms with Gasteiger partial charge in [-0.1, -0.05) is 17.3 Å². The lowest BCUT2D eigenvalue weighted by Gasteiger charge is -2.29. The van der Waals surface area contributed by atoms with Crippen molar-refractivity contribution in [3.63, 3.8) is 0 Å². The first kappa shape index (κ1) is 13.7. The molecule has 22 heavy (non-hydrogen) atoms. The second kappa shape index (κ2) is 6.06. The normalized spacial score (nSPS) is 22.2. The van der Waals surface area contributed by atoms with E-state index in [1.54, 1.807) is 0 Å². The van der Waals surface area contributed by atoms with E-state index in [0.29, 0.717) is 12.5 Å². The van der Waals surface area contributed by atoms with Crippen LogP contribution >= 0.6 is 0 Å². The molecule has 1 aromatic carbocycles. The Morgan fingerprint density at radius 3 is 2.73 bits per heavy atom. The molecule has 0 amide bonds. The lowest BCUT2D eigenvalue weighted by atomic mass is 10.1. The van der Waals surface area contributed by atoms with E-state index < -0.39 is 0 Å². The van der Waals surface area contributed by atoms with Crippen LogP contribution in [0.15, 0.2) is 28.8 Å². The van der Waals surface area contributed by atoms with E-state index in [0.717, 1.165) is 56.4 Å². The molecule has 3 heterocycles. The Kier molecular flexibility index (Phi) is 3.78. The fourth-order valence-corrected chi connectivity index (χ4v) is 2.98. The summed E-state index contributed by atoms with van der Waals surface area (Å²) < 4.78 is 16.4. The molecule has 6 nitrogen and oxygen atoms in total. The standard InChI is InChI=1S/C16H19N3O3/c1-2-4-14(19-6-9-20-10-7-19)13(3-1)16-17-15(18-22-16)12-5-8-21-11-12/h1-4,12H,5-11H2/t12-/m1/s1. The van der Waals surface area contributed by atoms with Gasteiger partial charge in [0, 0.05) is 31.3 Å². The molecule has 116 valence electrons. The Hall–Kier alpha value is -1.92. The Bertz CT molecular complexity index is 631. The number of rotatable bonds is 3. The van der Waals surface area contributed by atoms with Gasteiger partial charge in [0.05, 0.1) is 25.4 Å². The highest BCUT2D eigenvalue weighted by Crippen LogP contribution is 2.32. The molecule has 0 unspecified atom stereocenters. The SMILES string of the molecule is c1ccc(N2CCOCC2)c(-c2nc([C@@H]3CCOC3)no2)c1. The number of hydrogen-bond acceptors (Lipinski definition) is 6. The van der Waals surface area contributed by atoms with Crippen molar-refractivity contribution in [1.82, 2.24) is 10.1 Å². The van der Waals surface area contributed by atoms with Gasteiger partial charge in [0.15, 0.2) is 5.82 Å². The van der Waals surface area contributed by atoms with Crippen molar-refractivity contribution in [3.05, 3.63) is 30.1 Å². The highest BCUT2D eigenvalue weighted by Gasteiger charge is 2.25. The van der Waals surface area contributed by atoms with Crippen LogP contribution in [0, 0.1) is 0 Å². The first-order valence-electron chi connectivity index (χ1n) is 7.75. The number of benzene rings is 1. The average Bonchev–Trinajstić information content (AvgIpc) is 3.27. The topological polar surface area (TPSA) is 60.6 Å². The van der Waals surface area contributed by atoms with Crippen molar-refractivity contribution >= 4 is 5.69 Å². The Morgan fingerprint density at radius 1 is 1.05 bits per heavy atom. The minimum Gasteiger partial charge on any atom is -0.381 e. The van der Waals surface area contributed by atoms with Crippen LogP contribution in [-0.4, -0.2) is 49.7 Å². The third kappa shape index (κ3) is 2.60. The molecule has 0 N–H and O–H groups in total. The molecule has 2 aliphatic heterocycles. The van der Waals surface area contributed by atoms with Crippen LogP contribution in [0.4, 0.5) is 5.69 Å². The molecule has 2 aliphatic rings. The van der Waals surface area contributed by atoms with Crippen LogP contribution in [0.5, 0.6) is 0 Å². The zero-order valence-corrected chi connectivity index (χ0v) is 12.4. The fraction of sp³-hybridized carbons (Fsp3) is 0.500. The molecule has 0 radical (unpaired) electrons. The smallest absolute Gasteiger partial charge is 0.260 e. The minimum atomic E-state index is 0.257. The van der Waals surface area contributed by atoms with Gasteiger partial charge in [-0.05, 0) is 18.6 Å². The molecule has 2 saturated heterocycles. The van der Waals surface area contributed by atoms with Gasteiger partial charge in [0.25, 0.3) is 5.89 Å². The Morgan fingerprint density at radius 2 is 1.91 bits per heavy atom. The van der Waals surface area contributed by atoms with Crippen molar-refractivity contribution in [3.8, 4) is 11.5 Å². The monoisotopic (exact) mass is 301 g/mol. The maximum Gasteiger partial charge on any atom is 0.260 e. The van der Waals surface area contributed by atoms with Crippen LogP contribution in [0.1, 0.15) is 18.2 Å². The summed E-state index contributed by atoms with van der Waals surface area (Å²) in [5.74, 6) is 1.60. The molecular weight excluding hydrogens is 282 g/mol. The van der Waals surface area contributed by atoms with E-state index in [-0.39, 0.29) is 5.92 Å². The second-order valence-corrected chi connectivity index (χ2v) is 5.63. The molecule has 0 bridgehead atoms. The van der Waals surface area contributed by atoms with E-state index in [9.17, 15) is 0 Å². The fourth-order valence-electron chi connectivity index (χ4n) is 2.98. The predicted molar refractivity (Wildman–Crippen MR) is 80.9 cm³/mol. The molecule has 0 saturated carbocycles. The van der Waals surface area contributed by atoms with E-state index in [4.69, 9.17) is 14.0 Å². The first-order chi connectivity index (χ1) is 10.9. The summed E-state index contributed by atoms with van der Waals surface area (Å²) in [5.41, 5.74) is 2.12. The van der Waals surface area contributed by atoms with E-state index in [1.807, 2.05) is 18.2 Å². The number of hydrogen-bond donors (Lipinski definition) is 0. The highest BCUT2D eigenvalue weighted by atomic mass is 16.5. The largest absolute Gasteiger partial charge is 0.381 e. The number of aromatic nitrogens is 2. The zero-order chi connectivity index (χ0) is 14.8. The minimum absolute atomic E-state index is 0.257. The molecule has 0 aliphatic carbocycles. The van der Waals surface area contributed by atoms with Crippen molar-refractivity contribution < 1.29 is 14.0 Å². The Labute approximate surface area is 129 Å². The van der Waals surface area contributed by atoms with Crippen molar-refractivity contribution in [2.45, 2.75) is 12.3 Å². The van der Waals surface area contributed by atoms with Gasteiger partial charge in [-0.15, -0.1) is 0 Å². The van der Waals surface area contributed by atoms with Crippen LogP contribution in [-0.2, 0) is 9.47 Å². The van der Waals surface area contributed by atoms with Gasteiger partial charge < -0.3 is 18.9 Å². The zero-order valence-electron chi connectivity index (χ0n) is 12.4. The van der Waals surface area contributed by atoms with Gasteiger partial charge in [-0.2, -0.15) is 4.98 Å². The lowest BCUT2D eigenvalue weighted by molar-refractivity contribution is 0.122. The number of anilines is 1. The van der Waals surface area contributed by atoms with E-state index in [2.05, 4.69) is 21.1 Å². The summed E-state index contributed by atoms with van der Waals surface area (Å²) in [5, 5.41) is 4.15. The molecule has 6 heteroatoms. The van der Waals surface area contributed by atoms with Gasteiger partial charge >= 0.3 is 0 Å². The molecule has 0 spiro atoms. The summed E-state index contributed by atoms with van der Waals surface area (Å²) in [6.07, 6.45) is 0.962. The quantitative estimate of drug-likeness (QED) is 0.865. The van der Waals surface area contributed by atoms with Crippen molar-refractivity contribution in [2.75, 3.05) is 44.4 Å². The molecule has 2 fully saturated rings. The van der Waals surface area contributed by atoms with Gasteiger partial charge in [-0.3, -0.25) is 0 Å². The van der Waals surface area contributed by atoms with Gasteiger partial charge in [0.2, 0.25) is 0 Å². The molecule has 1 aromatic heterocycles. The van der Waals surface area contributed by atoms with Gasteiger partial charge in [0.1, 0.15) is 0 Å². The van der Waals surface area contributed by atoms with E-state index >= 15 is 0 Å². The third-order valence-corrected chi connectivity index (χ3v) is 4.22. The maximum atomic E-state index is 5.52. The summed E-state index contributed by atoms with van der Waals surface area (Å²) in [6.45, 7) is 4.73. The summed E-state index contributed by atoms with van der Waals surface area (Å²) in [4.78, 5) is 6.91. The summed E-state index contributed by atoms with van der Waals surface area (Å²) in [6, 6.07) is 8.18. The second-order valence-electron chi connectivity index (χ2n) is 5.63. The number of morpholine rings is 1. The molecule has 2 aromatic rings. The number of ether oxygens (including phenoxy) is 2. The van der Waals surface area contributed by atoms with Crippen LogP contribution in [0.25, 0.3) is 11.5 Å². The predicted octanol–water partition coefficient (Wildman–Crippen LogP) is 2.08. The molecule has 4 rings (SSSR count). The average molecular weight is 301 g/mol. The van der Waals surface area contributed by atoms with Crippen LogP contribution in [0.3, 0.4) is 0 Å². The van der Waals surface area contributed by atoms with Crippen molar-refractivity contribution in [2.24, 2.45) is 0 Å². The van der Waals surface area contributed by atoms with Gasteiger partial charge in [-0.25, -0.2) is 0 Å². The van der Waals surface area contributed by atoms with E-state index in [1.165, 1.54) is 0 Å². The molecule has 1 atom stereocenters. The van der Waals surface area contributed by atoms with Crippen LogP contribution < -0.4 is 4.90 Å². The highest BCUT2D eigenvalue weighted by molar-refractivity contribution is 5.73. The molecular formula is C16H19N3O3. The maximum absolute atomic E-state index is 5.52. The third-order valence-electron chi connectivity index (χ3n) is 4.22.